The van der Waals surface area contributed by atoms with E-state index in [2.05, 4.69) is 72.4 Å². The van der Waals surface area contributed by atoms with Crippen LogP contribution in [-0.2, 0) is 12.0 Å². The molecule has 0 spiro atoms. The zero-order valence-corrected chi connectivity index (χ0v) is 23.1. The molecule has 0 amide bonds. The Balaban J connectivity index is 1.34. The lowest BCUT2D eigenvalue weighted by atomic mass is 9.90. The molecule has 1 saturated carbocycles. The van der Waals surface area contributed by atoms with Crippen LogP contribution in [0.4, 0.5) is 0 Å². The second-order valence-electron chi connectivity index (χ2n) is 10.6. The molecular weight excluding hydrogens is 494 g/mol. The van der Waals surface area contributed by atoms with Crippen molar-refractivity contribution in [2.75, 3.05) is 5.75 Å². The Morgan fingerprint density at radius 3 is 2.62 bits per heavy atom. The number of hydrogen-bond acceptors (Lipinski definition) is 3. The third-order valence-electron chi connectivity index (χ3n) is 6.99. The molecule has 0 bridgehead atoms. The van der Waals surface area contributed by atoms with Crippen LogP contribution in [-0.4, -0.2) is 15.8 Å². The maximum absolute atomic E-state index is 10.7. The van der Waals surface area contributed by atoms with E-state index in [-0.39, 0.29) is 0 Å². The van der Waals surface area contributed by atoms with E-state index in [4.69, 9.17) is 16.6 Å². The van der Waals surface area contributed by atoms with Gasteiger partial charge in [0.05, 0.1) is 16.8 Å². The minimum atomic E-state index is -0.833. The summed E-state index contributed by atoms with van der Waals surface area (Å²) < 4.78 is 0. The highest BCUT2D eigenvalue weighted by Gasteiger charge is 2.25. The monoisotopic (exact) mass is 527 g/mol. The van der Waals surface area contributed by atoms with Gasteiger partial charge in [-0.05, 0) is 97.7 Å². The summed E-state index contributed by atoms with van der Waals surface area (Å²) in [6.45, 7) is 3.75. The molecule has 5 rings (SSSR count). The lowest BCUT2D eigenvalue weighted by Crippen LogP contribution is -2.18. The Kier molecular flexibility index (Phi) is 8.04. The Morgan fingerprint density at radius 2 is 1.81 bits per heavy atom. The summed E-state index contributed by atoms with van der Waals surface area (Å²) in [5.74, 6) is 2.10. The highest BCUT2D eigenvalue weighted by molar-refractivity contribution is 7.99. The lowest BCUT2D eigenvalue weighted by molar-refractivity contribution is 0.0776. The number of benzene rings is 3. The maximum Gasteiger partial charge on any atom is 0.0843 e. The number of pyridine rings is 1. The zero-order valence-electron chi connectivity index (χ0n) is 21.5. The van der Waals surface area contributed by atoms with E-state index in [9.17, 15) is 5.11 Å². The van der Waals surface area contributed by atoms with Crippen molar-refractivity contribution >= 4 is 46.4 Å². The molecule has 1 aromatic heterocycles. The molecule has 0 unspecified atom stereocenters. The highest BCUT2D eigenvalue weighted by Crippen LogP contribution is 2.41. The van der Waals surface area contributed by atoms with Crippen molar-refractivity contribution in [3.63, 3.8) is 0 Å². The SMILES string of the molecule is CC(C)(O)c1ccccc1CC[C@H](SCC1CC1)c1cccc(/C=C/c2ccc3ccc(Cl)cc3n2)c1. The Bertz CT molecular complexity index is 1400. The van der Waals surface area contributed by atoms with E-state index in [1.165, 1.54) is 35.3 Å². The van der Waals surface area contributed by atoms with E-state index >= 15 is 0 Å². The summed E-state index contributed by atoms with van der Waals surface area (Å²) in [5.41, 5.74) is 5.81. The third-order valence-corrected chi connectivity index (χ3v) is 8.80. The van der Waals surface area contributed by atoms with Gasteiger partial charge in [0, 0.05) is 15.7 Å². The Labute approximate surface area is 229 Å². The first-order valence-corrected chi connectivity index (χ1v) is 14.5. The van der Waals surface area contributed by atoms with Crippen LogP contribution in [0.2, 0.25) is 5.02 Å². The van der Waals surface area contributed by atoms with E-state index in [1.807, 2.05) is 44.2 Å². The van der Waals surface area contributed by atoms with Gasteiger partial charge in [-0.2, -0.15) is 11.8 Å². The van der Waals surface area contributed by atoms with Gasteiger partial charge < -0.3 is 5.11 Å². The second kappa shape index (κ2) is 11.4. The van der Waals surface area contributed by atoms with Crippen molar-refractivity contribution in [1.29, 1.82) is 0 Å². The van der Waals surface area contributed by atoms with Crippen molar-refractivity contribution in [1.82, 2.24) is 4.98 Å². The van der Waals surface area contributed by atoms with Crippen LogP contribution in [0, 0.1) is 5.92 Å². The molecule has 0 saturated heterocycles. The molecule has 2 nitrogen and oxygen atoms in total. The molecule has 0 aliphatic heterocycles. The fourth-order valence-corrected chi connectivity index (χ4v) is 6.38. The summed E-state index contributed by atoms with van der Waals surface area (Å²) in [7, 11) is 0. The average molecular weight is 528 g/mol. The van der Waals surface area contributed by atoms with Gasteiger partial charge in [-0.25, -0.2) is 4.98 Å². The maximum atomic E-state index is 10.7. The van der Waals surface area contributed by atoms with Gasteiger partial charge in [-0.3, -0.25) is 0 Å². The summed E-state index contributed by atoms with van der Waals surface area (Å²) in [5, 5.41) is 12.9. The first kappa shape index (κ1) is 26.0. The molecule has 1 N–H and O–H groups in total. The number of hydrogen-bond donors (Lipinski definition) is 1. The van der Waals surface area contributed by atoms with Gasteiger partial charge >= 0.3 is 0 Å². The fourth-order valence-electron chi connectivity index (χ4n) is 4.75. The average Bonchev–Trinajstić information content (AvgIpc) is 3.72. The fraction of sp³-hybridized carbons (Fsp3) is 0.303. The van der Waals surface area contributed by atoms with Crippen molar-refractivity contribution < 1.29 is 5.11 Å². The van der Waals surface area contributed by atoms with Crippen LogP contribution in [0.5, 0.6) is 0 Å². The van der Waals surface area contributed by atoms with Crippen molar-refractivity contribution in [2.45, 2.75) is 50.4 Å². The Hall–Kier alpha value is -2.59. The smallest absolute Gasteiger partial charge is 0.0843 e. The number of fused-ring (bicyclic) bond motifs is 1. The normalized spacial score (nSPS) is 14.9. The molecule has 37 heavy (non-hydrogen) atoms. The van der Waals surface area contributed by atoms with Crippen LogP contribution in [0.1, 0.15) is 66.3 Å². The number of thioether (sulfide) groups is 1. The van der Waals surface area contributed by atoms with Gasteiger partial charge in [0.25, 0.3) is 0 Å². The summed E-state index contributed by atoms with van der Waals surface area (Å²) in [6, 6.07) is 27.2. The molecular formula is C33H34ClNOS. The van der Waals surface area contributed by atoms with Gasteiger partial charge in [-0.1, -0.05) is 78.3 Å². The predicted molar refractivity (Wildman–Crippen MR) is 160 cm³/mol. The molecule has 0 radical (unpaired) electrons. The van der Waals surface area contributed by atoms with Crippen molar-refractivity contribution in [3.05, 3.63) is 112 Å². The number of aromatic nitrogens is 1. The number of aliphatic hydroxyl groups is 1. The van der Waals surface area contributed by atoms with Crippen LogP contribution >= 0.6 is 23.4 Å². The van der Waals surface area contributed by atoms with E-state index in [0.29, 0.717) is 10.3 Å². The Morgan fingerprint density at radius 1 is 1.00 bits per heavy atom. The van der Waals surface area contributed by atoms with E-state index in [1.54, 1.807) is 0 Å². The number of rotatable bonds is 10. The molecule has 1 aliphatic carbocycles. The molecule has 1 fully saturated rings. The van der Waals surface area contributed by atoms with Gasteiger partial charge in [0.2, 0.25) is 0 Å². The van der Waals surface area contributed by atoms with Crippen molar-refractivity contribution in [2.24, 2.45) is 5.92 Å². The number of aryl methyl sites for hydroxylation is 1. The first-order chi connectivity index (χ1) is 17.8. The number of nitrogens with zero attached hydrogens (tertiary/aromatic N) is 1. The molecule has 1 aliphatic rings. The first-order valence-electron chi connectivity index (χ1n) is 13.1. The summed E-state index contributed by atoms with van der Waals surface area (Å²) >= 11 is 8.26. The third kappa shape index (κ3) is 7.04. The van der Waals surface area contributed by atoms with Crippen molar-refractivity contribution in [3.8, 4) is 0 Å². The highest BCUT2D eigenvalue weighted by atomic mass is 35.5. The molecule has 1 atom stereocenters. The molecule has 4 aromatic rings. The van der Waals surface area contributed by atoms with Crippen LogP contribution in [0.25, 0.3) is 23.1 Å². The predicted octanol–water partition coefficient (Wildman–Crippen LogP) is 9.10. The molecule has 4 heteroatoms. The summed E-state index contributed by atoms with van der Waals surface area (Å²) in [6.07, 6.45) is 8.96. The lowest BCUT2D eigenvalue weighted by Gasteiger charge is -2.23. The number of halogens is 1. The minimum Gasteiger partial charge on any atom is -0.386 e. The molecule has 190 valence electrons. The molecule has 1 heterocycles. The minimum absolute atomic E-state index is 0.421. The largest absolute Gasteiger partial charge is 0.386 e. The molecule has 3 aromatic carbocycles. The van der Waals surface area contributed by atoms with E-state index < -0.39 is 5.60 Å². The van der Waals surface area contributed by atoms with Gasteiger partial charge in [-0.15, -0.1) is 0 Å². The van der Waals surface area contributed by atoms with Crippen LogP contribution in [0.3, 0.4) is 0 Å². The van der Waals surface area contributed by atoms with Crippen LogP contribution in [0.15, 0.2) is 78.9 Å². The quantitative estimate of drug-likeness (QED) is 0.223. The van der Waals surface area contributed by atoms with Gasteiger partial charge in [0.1, 0.15) is 0 Å². The second-order valence-corrected chi connectivity index (χ2v) is 12.3. The van der Waals surface area contributed by atoms with Crippen LogP contribution < -0.4 is 0 Å². The van der Waals surface area contributed by atoms with E-state index in [0.717, 1.165) is 40.9 Å². The standard InChI is InChI=1S/C33H34ClNOS/c1-33(2,36)30-9-4-3-7-25(30)15-19-32(37-22-24-10-11-24)27-8-5-6-23(20-27)12-17-29-18-14-26-13-16-28(34)21-31(26)35-29/h3-9,12-14,16-18,20-21,24,32,36H,10-11,15,19,22H2,1-2H3/b17-12+/t32-/m0/s1. The topological polar surface area (TPSA) is 33.1 Å². The summed E-state index contributed by atoms with van der Waals surface area (Å²) in [4.78, 5) is 4.76. The van der Waals surface area contributed by atoms with Gasteiger partial charge in [0.15, 0.2) is 0 Å². The zero-order chi connectivity index (χ0) is 25.8.